The Morgan fingerprint density at radius 3 is 2.68 bits per heavy atom. The standard InChI is InChI=1S/C13H12N2O4/c1-14(13(16)12-7-4-8-19-12)9-10-5-2-3-6-11(10)15(17)18/h2-8H,9H2,1H3. The zero-order valence-corrected chi connectivity index (χ0v) is 10.3. The first-order chi connectivity index (χ1) is 9.09. The Hall–Kier alpha value is -2.63. The van der Waals surface area contributed by atoms with Crippen LogP contribution in [0.25, 0.3) is 0 Å². The number of amides is 1. The third-order valence-corrected chi connectivity index (χ3v) is 2.67. The fourth-order valence-corrected chi connectivity index (χ4v) is 1.74. The van der Waals surface area contributed by atoms with Crippen molar-refractivity contribution < 1.29 is 14.1 Å². The van der Waals surface area contributed by atoms with Gasteiger partial charge in [-0.15, -0.1) is 0 Å². The molecule has 1 aromatic carbocycles. The Morgan fingerprint density at radius 1 is 1.32 bits per heavy atom. The van der Waals surface area contributed by atoms with Crippen LogP contribution in [0.1, 0.15) is 16.1 Å². The van der Waals surface area contributed by atoms with E-state index >= 15 is 0 Å². The van der Waals surface area contributed by atoms with Crippen molar-refractivity contribution in [2.75, 3.05) is 7.05 Å². The van der Waals surface area contributed by atoms with Gasteiger partial charge in [-0.3, -0.25) is 14.9 Å². The highest BCUT2D eigenvalue weighted by molar-refractivity contribution is 5.91. The van der Waals surface area contributed by atoms with E-state index in [0.29, 0.717) is 5.56 Å². The van der Waals surface area contributed by atoms with Crippen molar-refractivity contribution >= 4 is 11.6 Å². The highest BCUT2D eigenvalue weighted by Crippen LogP contribution is 2.19. The number of nitro benzene ring substituents is 1. The van der Waals surface area contributed by atoms with Crippen LogP contribution in [-0.2, 0) is 6.54 Å². The molecule has 0 N–H and O–H groups in total. The van der Waals surface area contributed by atoms with Crippen molar-refractivity contribution in [1.82, 2.24) is 4.90 Å². The third-order valence-electron chi connectivity index (χ3n) is 2.67. The number of rotatable bonds is 4. The van der Waals surface area contributed by atoms with Gasteiger partial charge in [0.2, 0.25) is 0 Å². The van der Waals surface area contributed by atoms with Crippen LogP contribution in [0, 0.1) is 10.1 Å². The second-order valence-electron chi connectivity index (χ2n) is 4.02. The average Bonchev–Trinajstić information content (AvgIpc) is 2.92. The predicted octanol–water partition coefficient (Wildman–Crippen LogP) is 2.46. The van der Waals surface area contributed by atoms with E-state index in [2.05, 4.69) is 0 Å². The van der Waals surface area contributed by atoms with E-state index < -0.39 is 4.92 Å². The van der Waals surface area contributed by atoms with Gasteiger partial charge in [0.25, 0.3) is 11.6 Å². The normalized spacial score (nSPS) is 10.2. The first-order valence-electron chi connectivity index (χ1n) is 5.61. The molecule has 0 saturated carbocycles. The number of carbonyl (C=O) groups excluding carboxylic acids is 1. The molecular formula is C13H12N2O4. The van der Waals surface area contributed by atoms with Crippen LogP contribution >= 0.6 is 0 Å². The number of hydrogen-bond donors (Lipinski definition) is 0. The molecule has 19 heavy (non-hydrogen) atoms. The monoisotopic (exact) mass is 260 g/mol. The van der Waals surface area contributed by atoms with Gasteiger partial charge >= 0.3 is 0 Å². The van der Waals surface area contributed by atoms with Crippen molar-refractivity contribution in [3.8, 4) is 0 Å². The van der Waals surface area contributed by atoms with Crippen molar-refractivity contribution in [3.05, 3.63) is 64.1 Å². The smallest absolute Gasteiger partial charge is 0.289 e. The van der Waals surface area contributed by atoms with Crippen molar-refractivity contribution in [2.45, 2.75) is 6.54 Å². The molecule has 0 atom stereocenters. The molecule has 0 aliphatic rings. The van der Waals surface area contributed by atoms with Crippen molar-refractivity contribution in [1.29, 1.82) is 0 Å². The predicted molar refractivity (Wildman–Crippen MR) is 67.6 cm³/mol. The summed E-state index contributed by atoms with van der Waals surface area (Å²) in [5.74, 6) is -0.107. The minimum Gasteiger partial charge on any atom is -0.459 e. The molecule has 2 rings (SSSR count). The maximum absolute atomic E-state index is 12.0. The largest absolute Gasteiger partial charge is 0.459 e. The van der Waals surface area contributed by atoms with Crippen molar-refractivity contribution in [2.24, 2.45) is 0 Å². The Bertz CT molecular complexity index is 592. The summed E-state index contributed by atoms with van der Waals surface area (Å²) in [6.45, 7) is 0.149. The van der Waals surface area contributed by atoms with Gasteiger partial charge in [-0.05, 0) is 12.1 Å². The molecule has 6 nitrogen and oxygen atoms in total. The molecule has 0 saturated heterocycles. The number of furan rings is 1. The highest BCUT2D eigenvalue weighted by atomic mass is 16.6. The molecule has 0 spiro atoms. The summed E-state index contributed by atoms with van der Waals surface area (Å²) < 4.78 is 5.01. The van der Waals surface area contributed by atoms with Gasteiger partial charge in [0.1, 0.15) is 0 Å². The van der Waals surface area contributed by atoms with E-state index in [1.54, 1.807) is 37.4 Å². The van der Waals surface area contributed by atoms with Gasteiger partial charge in [-0.25, -0.2) is 0 Å². The highest BCUT2D eigenvalue weighted by Gasteiger charge is 2.19. The summed E-state index contributed by atoms with van der Waals surface area (Å²) in [7, 11) is 1.57. The van der Waals surface area contributed by atoms with E-state index in [9.17, 15) is 14.9 Å². The Balaban J connectivity index is 2.17. The molecule has 0 aliphatic carbocycles. The fourth-order valence-electron chi connectivity index (χ4n) is 1.74. The quantitative estimate of drug-likeness (QED) is 0.625. The van der Waals surface area contributed by atoms with Gasteiger partial charge in [0.15, 0.2) is 5.76 Å². The number of benzene rings is 1. The van der Waals surface area contributed by atoms with Crippen LogP contribution in [0.2, 0.25) is 0 Å². The second-order valence-corrected chi connectivity index (χ2v) is 4.02. The molecule has 2 aromatic rings. The molecule has 0 radical (unpaired) electrons. The molecule has 1 aromatic heterocycles. The molecule has 1 amide bonds. The average molecular weight is 260 g/mol. The molecule has 0 aliphatic heterocycles. The first-order valence-corrected chi connectivity index (χ1v) is 5.61. The number of para-hydroxylation sites is 1. The van der Waals surface area contributed by atoms with Gasteiger partial charge in [-0.2, -0.15) is 0 Å². The Kier molecular flexibility index (Phi) is 3.61. The number of nitrogens with zero attached hydrogens (tertiary/aromatic N) is 2. The minimum absolute atomic E-state index is 0.00148. The van der Waals surface area contributed by atoms with E-state index in [-0.39, 0.29) is 23.9 Å². The summed E-state index contributed by atoms with van der Waals surface area (Å²) in [5, 5.41) is 10.9. The Labute approximate surface area is 109 Å². The summed E-state index contributed by atoms with van der Waals surface area (Å²) in [4.78, 5) is 23.8. The topological polar surface area (TPSA) is 76.6 Å². The zero-order valence-electron chi connectivity index (χ0n) is 10.3. The lowest BCUT2D eigenvalue weighted by Gasteiger charge is -2.15. The zero-order chi connectivity index (χ0) is 13.8. The van der Waals surface area contributed by atoms with Crippen LogP contribution in [0.3, 0.4) is 0 Å². The molecular weight excluding hydrogens is 248 g/mol. The summed E-state index contributed by atoms with van der Waals surface area (Å²) in [6, 6.07) is 9.51. The maximum Gasteiger partial charge on any atom is 0.289 e. The van der Waals surface area contributed by atoms with Gasteiger partial charge < -0.3 is 9.32 Å². The van der Waals surface area contributed by atoms with Crippen LogP contribution in [-0.4, -0.2) is 22.8 Å². The van der Waals surface area contributed by atoms with Crippen LogP contribution in [0.15, 0.2) is 47.1 Å². The summed E-state index contributed by atoms with van der Waals surface area (Å²) >= 11 is 0. The van der Waals surface area contributed by atoms with Gasteiger partial charge in [0, 0.05) is 18.7 Å². The lowest BCUT2D eigenvalue weighted by Crippen LogP contribution is -2.26. The summed E-state index contributed by atoms with van der Waals surface area (Å²) in [5.41, 5.74) is 0.483. The fraction of sp³-hybridized carbons (Fsp3) is 0.154. The number of nitro groups is 1. The van der Waals surface area contributed by atoms with E-state index in [0.717, 1.165) is 0 Å². The van der Waals surface area contributed by atoms with Gasteiger partial charge in [-0.1, -0.05) is 18.2 Å². The SMILES string of the molecule is CN(Cc1ccccc1[N+](=O)[O-])C(=O)c1ccco1. The molecule has 0 fully saturated rings. The van der Waals surface area contributed by atoms with Crippen LogP contribution in [0.5, 0.6) is 0 Å². The molecule has 98 valence electrons. The molecule has 6 heteroatoms. The van der Waals surface area contributed by atoms with Crippen LogP contribution in [0.4, 0.5) is 5.69 Å². The lowest BCUT2D eigenvalue weighted by molar-refractivity contribution is -0.385. The maximum atomic E-state index is 12.0. The minimum atomic E-state index is -0.458. The first kappa shape index (κ1) is 12.8. The molecule has 1 heterocycles. The van der Waals surface area contributed by atoms with E-state index in [4.69, 9.17) is 4.42 Å². The molecule has 0 bridgehead atoms. The lowest BCUT2D eigenvalue weighted by atomic mass is 10.1. The second kappa shape index (κ2) is 5.34. The number of carbonyl (C=O) groups is 1. The van der Waals surface area contributed by atoms with Crippen molar-refractivity contribution in [3.63, 3.8) is 0 Å². The van der Waals surface area contributed by atoms with E-state index in [1.165, 1.54) is 17.2 Å². The summed E-state index contributed by atoms with van der Waals surface area (Å²) in [6.07, 6.45) is 1.41. The van der Waals surface area contributed by atoms with Crippen LogP contribution < -0.4 is 0 Å². The third kappa shape index (κ3) is 2.79. The Morgan fingerprint density at radius 2 is 2.05 bits per heavy atom. The molecule has 0 unspecified atom stereocenters. The van der Waals surface area contributed by atoms with Gasteiger partial charge in [0.05, 0.1) is 17.7 Å². The number of hydrogen-bond acceptors (Lipinski definition) is 4. The van der Waals surface area contributed by atoms with E-state index in [1.807, 2.05) is 0 Å².